The molecule has 0 aromatic heterocycles. The van der Waals surface area contributed by atoms with Crippen LogP contribution < -0.4 is 25.5 Å². The van der Waals surface area contributed by atoms with Gasteiger partial charge in [-0.2, -0.15) is 5.10 Å². The second-order valence-corrected chi connectivity index (χ2v) is 7.83. The van der Waals surface area contributed by atoms with Crippen molar-refractivity contribution < 1.29 is 28.2 Å². The molecule has 3 aromatic carbocycles. The number of methoxy groups -OCH3 is 1. The predicted octanol–water partition coefficient (Wildman–Crippen LogP) is 3.70. The van der Waals surface area contributed by atoms with Crippen molar-refractivity contribution in [3.63, 3.8) is 0 Å². The van der Waals surface area contributed by atoms with Crippen molar-refractivity contribution >= 4 is 51.2 Å². The number of ether oxygens (including phenoxy) is 2. The van der Waals surface area contributed by atoms with Gasteiger partial charge in [0, 0.05) is 10.2 Å². The molecular weight excluding hydrogens is 523 g/mol. The number of nitrogens with one attached hydrogen (secondary N) is 3. The number of benzene rings is 3. The first kappa shape index (κ1) is 25.4. The minimum Gasteiger partial charge on any atom is -0.497 e. The van der Waals surface area contributed by atoms with Gasteiger partial charge < -0.3 is 20.1 Å². The number of halogens is 2. The smallest absolute Gasteiger partial charge is 0.329 e. The van der Waals surface area contributed by atoms with E-state index in [4.69, 9.17) is 9.47 Å². The zero-order valence-electron chi connectivity index (χ0n) is 18.4. The van der Waals surface area contributed by atoms with Gasteiger partial charge in [0.05, 0.1) is 19.0 Å². The van der Waals surface area contributed by atoms with Crippen LogP contribution in [0.15, 0.2) is 76.3 Å². The summed E-state index contributed by atoms with van der Waals surface area (Å²) in [6.07, 6.45) is 1.31. The van der Waals surface area contributed by atoms with Crippen LogP contribution >= 0.6 is 15.9 Å². The number of rotatable bonds is 8. The van der Waals surface area contributed by atoms with Crippen molar-refractivity contribution in [3.05, 3.63) is 82.6 Å². The van der Waals surface area contributed by atoms with Crippen LogP contribution in [0.25, 0.3) is 0 Å². The number of hydrazone groups is 1. The lowest BCUT2D eigenvalue weighted by molar-refractivity contribution is -0.136. The Balaban J connectivity index is 1.48. The fourth-order valence-corrected chi connectivity index (χ4v) is 3.02. The third kappa shape index (κ3) is 7.93. The standard InChI is InChI=1S/C24H20BrFN4O5/c1-34-18-8-6-17(7-9-18)28-23(32)24(33)30-27-13-15-3-2-4-19(11-15)35-14-22(31)29-21-10-5-16(25)12-20(21)26/h2-13H,14H2,1H3,(H,28,32)(H,29,31)(H,30,33)/b27-13-. The molecule has 35 heavy (non-hydrogen) atoms. The molecule has 0 aliphatic heterocycles. The fourth-order valence-electron chi connectivity index (χ4n) is 2.69. The number of hydrogen-bond donors (Lipinski definition) is 3. The van der Waals surface area contributed by atoms with E-state index in [2.05, 4.69) is 37.1 Å². The number of anilines is 2. The van der Waals surface area contributed by atoms with Crippen LogP contribution in [0.3, 0.4) is 0 Å². The molecule has 0 heterocycles. The van der Waals surface area contributed by atoms with Crippen molar-refractivity contribution in [2.45, 2.75) is 0 Å². The number of nitrogens with zero attached hydrogens (tertiary/aromatic N) is 1. The van der Waals surface area contributed by atoms with Gasteiger partial charge in [-0.3, -0.25) is 14.4 Å². The molecule has 0 fully saturated rings. The summed E-state index contributed by atoms with van der Waals surface area (Å²) in [5, 5.41) is 8.62. The van der Waals surface area contributed by atoms with Gasteiger partial charge in [0.2, 0.25) is 0 Å². The first-order valence-corrected chi connectivity index (χ1v) is 10.9. The maximum absolute atomic E-state index is 13.8. The Kier molecular flexibility index (Phi) is 8.90. The molecule has 0 saturated heterocycles. The third-order valence-electron chi connectivity index (χ3n) is 4.37. The van der Waals surface area contributed by atoms with Crippen molar-refractivity contribution in [1.29, 1.82) is 0 Å². The van der Waals surface area contributed by atoms with Crippen molar-refractivity contribution in [2.24, 2.45) is 5.10 Å². The summed E-state index contributed by atoms with van der Waals surface area (Å²) in [5.74, 6) is -2.00. The van der Waals surface area contributed by atoms with Crippen LogP contribution in [0.5, 0.6) is 11.5 Å². The van der Waals surface area contributed by atoms with Crippen molar-refractivity contribution in [3.8, 4) is 11.5 Å². The average Bonchev–Trinajstić information content (AvgIpc) is 2.85. The lowest BCUT2D eigenvalue weighted by Gasteiger charge is -2.09. The van der Waals surface area contributed by atoms with E-state index in [1.807, 2.05) is 0 Å². The highest BCUT2D eigenvalue weighted by atomic mass is 79.9. The van der Waals surface area contributed by atoms with Crippen molar-refractivity contribution in [2.75, 3.05) is 24.4 Å². The Morgan fingerprint density at radius 3 is 2.46 bits per heavy atom. The lowest BCUT2D eigenvalue weighted by atomic mass is 10.2. The summed E-state index contributed by atoms with van der Waals surface area (Å²) >= 11 is 3.15. The highest BCUT2D eigenvalue weighted by Gasteiger charge is 2.13. The first-order chi connectivity index (χ1) is 16.8. The normalized spacial score (nSPS) is 10.5. The molecule has 3 rings (SSSR count). The number of amides is 3. The molecule has 0 spiro atoms. The molecule has 3 aromatic rings. The van der Waals surface area contributed by atoms with Crippen LogP contribution in [0.4, 0.5) is 15.8 Å². The highest BCUT2D eigenvalue weighted by Crippen LogP contribution is 2.19. The summed E-state index contributed by atoms with van der Waals surface area (Å²) in [4.78, 5) is 36.0. The van der Waals surface area contributed by atoms with E-state index in [9.17, 15) is 18.8 Å². The molecule has 0 saturated carbocycles. The van der Waals surface area contributed by atoms with E-state index in [1.54, 1.807) is 54.6 Å². The predicted molar refractivity (Wildman–Crippen MR) is 132 cm³/mol. The third-order valence-corrected chi connectivity index (χ3v) is 4.86. The van der Waals surface area contributed by atoms with Gasteiger partial charge in [0.25, 0.3) is 5.91 Å². The molecule has 0 bridgehead atoms. The van der Waals surface area contributed by atoms with E-state index in [1.165, 1.54) is 25.5 Å². The Morgan fingerprint density at radius 2 is 1.74 bits per heavy atom. The molecule has 180 valence electrons. The molecule has 0 atom stereocenters. The maximum Gasteiger partial charge on any atom is 0.329 e. The summed E-state index contributed by atoms with van der Waals surface area (Å²) in [6.45, 7) is -0.349. The Bertz CT molecular complexity index is 1250. The van der Waals surface area contributed by atoms with Gasteiger partial charge in [-0.15, -0.1) is 0 Å². The van der Waals surface area contributed by atoms with Crippen LogP contribution in [-0.4, -0.2) is 37.7 Å². The van der Waals surface area contributed by atoms with E-state index in [-0.39, 0.29) is 12.3 Å². The van der Waals surface area contributed by atoms with Gasteiger partial charge in [-0.05, 0) is 60.2 Å². The Hall–Kier alpha value is -4.25. The molecule has 0 aliphatic rings. The summed E-state index contributed by atoms with van der Waals surface area (Å²) in [6, 6.07) is 17.3. The van der Waals surface area contributed by atoms with E-state index in [0.717, 1.165) is 0 Å². The Morgan fingerprint density at radius 1 is 0.971 bits per heavy atom. The molecular formula is C24H20BrFN4O5. The monoisotopic (exact) mass is 542 g/mol. The molecule has 3 N–H and O–H groups in total. The number of carbonyl (C=O) groups excluding carboxylic acids is 3. The largest absolute Gasteiger partial charge is 0.497 e. The zero-order chi connectivity index (χ0) is 25.2. The zero-order valence-corrected chi connectivity index (χ0v) is 20.0. The maximum atomic E-state index is 13.8. The molecule has 0 radical (unpaired) electrons. The van der Waals surface area contributed by atoms with Gasteiger partial charge in [-0.25, -0.2) is 9.82 Å². The van der Waals surface area contributed by atoms with Crippen LogP contribution in [0, 0.1) is 5.82 Å². The average molecular weight is 543 g/mol. The topological polar surface area (TPSA) is 118 Å². The second-order valence-electron chi connectivity index (χ2n) is 6.92. The summed E-state index contributed by atoms with van der Waals surface area (Å²) in [7, 11) is 1.52. The molecule has 11 heteroatoms. The summed E-state index contributed by atoms with van der Waals surface area (Å²) < 4.78 is 24.8. The van der Waals surface area contributed by atoms with Crippen LogP contribution in [-0.2, 0) is 14.4 Å². The molecule has 9 nitrogen and oxygen atoms in total. The number of carbonyl (C=O) groups is 3. The fraction of sp³-hybridized carbons (Fsp3) is 0.0833. The summed E-state index contributed by atoms with van der Waals surface area (Å²) in [5.41, 5.74) is 3.13. The Labute approximate surface area is 208 Å². The minimum absolute atomic E-state index is 0.0365. The second kappa shape index (κ2) is 12.3. The van der Waals surface area contributed by atoms with Gasteiger partial charge in [0.15, 0.2) is 6.61 Å². The highest BCUT2D eigenvalue weighted by molar-refractivity contribution is 9.10. The lowest BCUT2D eigenvalue weighted by Crippen LogP contribution is -2.32. The van der Waals surface area contributed by atoms with Gasteiger partial charge in [0.1, 0.15) is 17.3 Å². The number of hydrogen-bond acceptors (Lipinski definition) is 6. The van der Waals surface area contributed by atoms with Crippen LogP contribution in [0.2, 0.25) is 0 Å². The van der Waals surface area contributed by atoms with Gasteiger partial charge in [-0.1, -0.05) is 28.1 Å². The van der Waals surface area contributed by atoms with Gasteiger partial charge >= 0.3 is 11.8 Å². The van der Waals surface area contributed by atoms with Crippen molar-refractivity contribution in [1.82, 2.24) is 5.43 Å². The van der Waals surface area contributed by atoms with E-state index >= 15 is 0 Å². The molecule has 0 aliphatic carbocycles. The van der Waals surface area contributed by atoms with E-state index < -0.39 is 23.5 Å². The minimum atomic E-state index is -0.957. The first-order valence-electron chi connectivity index (χ1n) is 10.1. The van der Waals surface area contributed by atoms with E-state index in [0.29, 0.717) is 27.2 Å². The van der Waals surface area contributed by atoms with Crippen LogP contribution in [0.1, 0.15) is 5.56 Å². The molecule has 0 unspecified atom stereocenters. The quantitative estimate of drug-likeness (QED) is 0.228. The SMILES string of the molecule is COc1ccc(NC(=O)C(=O)N/N=C\c2cccc(OCC(=O)Nc3ccc(Br)cc3F)c2)cc1. The molecule has 3 amide bonds.